The molecule has 2 aromatic rings. The Morgan fingerprint density at radius 3 is 2.77 bits per heavy atom. The fourth-order valence-electron chi connectivity index (χ4n) is 3.44. The van der Waals surface area contributed by atoms with Crippen LogP contribution in [-0.2, 0) is 11.8 Å². The maximum Gasteiger partial charge on any atom is 0.262 e. The Balaban J connectivity index is 1.50. The van der Waals surface area contributed by atoms with E-state index in [-0.39, 0.29) is 23.3 Å². The molecule has 7 heteroatoms. The molecule has 0 aromatic carbocycles. The van der Waals surface area contributed by atoms with Crippen LogP contribution in [0.5, 0.6) is 0 Å². The van der Waals surface area contributed by atoms with E-state index in [1.54, 1.807) is 11.7 Å². The van der Waals surface area contributed by atoms with Crippen LogP contribution in [0, 0.1) is 11.8 Å². The van der Waals surface area contributed by atoms with Crippen molar-refractivity contribution in [1.82, 2.24) is 24.6 Å². The summed E-state index contributed by atoms with van der Waals surface area (Å²) in [7, 11) is 1.77. The first-order chi connectivity index (χ1) is 10.5. The summed E-state index contributed by atoms with van der Waals surface area (Å²) in [5.74, 6) is 1.93. The highest BCUT2D eigenvalue weighted by Crippen LogP contribution is 2.37. The van der Waals surface area contributed by atoms with E-state index in [4.69, 9.17) is 0 Å². The van der Waals surface area contributed by atoms with Crippen molar-refractivity contribution in [3.63, 3.8) is 0 Å². The zero-order valence-corrected chi connectivity index (χ0v) is 12.7. The largest absolute Gasteiger partial charge is 0.341 e. The van der Waals surface area contributed by atoms with Crippen LogP contribution in [0.25, 0.3) is 11.0 Å². The summed E-state index contributed by atoms with van der Waals surface area (Å²) in [4.78, 5) is 33.5. The molecule has 2 fully saturated rings. The van der Waals surface area contributed by atoms with Gasteiger partial charge in [-0.05, 0) is 18.8 Å². The summed E-state index contributed by atoms with van der Waals surface area (Å²) in [6.45, 7) is 3.48. The van der Waals surface area contributed by atoms with Gasteiger partial charge in [0.15, 0.2) is 5.65 Å². The number of amides is 1. The Kier molecular flexibility index (Phi) is 2.85. The predicted octanol–water partition coefficient (Wildman–Crippen LogP) is 0.628. The lowest BCUT2D eigenvalue weighted by molar-refractivity contribution is -0.144. The number of carbonyl (C=O) groups excluding carboxylic acids is 1. The average molecular weight is 301 g/mol. The fourth-order valence-corrected chi connectivity index (χ4v) is 3.44. The third kappa shape index (κ3) is 1.95. The quantitative estimate of drug-likeness (QED) is 0.881. The summed E-state index contributed by atoms with van der Waals surface area (Å²) in [6.07, 6.45) is 3.55. The summed E-state index contributed by atoms with van der Waals surface area (Å²) in [6, 6.07) is 0. The van der Waals surface area contributed by atoms with Gasteiger partial charge < -0.3 is 9.88 Å². The minimum absolute atomic E-state index is 0.119. The lowest BCUT2D eigenvalue weighted by Gasteiger charge is -2.43. The zero-order valence-electron chi connectivity index (χ0n) is 12.7. The number of aromatic nitrogens is 4. The van der Waals surface area contributed by atoms with E-state index >= 15 is 0 Å². The van der Waals surface area contributed by atoms with Crippen molar-refractivity contribution < 1.29 is 4.79 Å². The van der Waals surface area contributed by atoms with E-state index in [0.717, 1.165) is 12.8 Å². The van der Waals surface area contributed by atoms with E-state index in [1.807, 2.05) is 4.90 Å². The molecule has 3 heterocycles. The van der Waals surface area contributed by atoms with Gasteiger partial charge in [-0.2, -0.15) is 5.10 Å². The molecule has 7 nitrogen and oxygen atoms in total. The monoisotopic (exact) mass is 301 g/mol. The standard InChI is InChI=1S/C15H19N5O2/c1-8-3-9(4-8)15(22)20-6-10(7-20)12-17-13-11(14(21)18-12)5-16-19(13)2/h5,8-10H,3-4,6-7H2,1-2H3,(H,17,18,21). The first kappa shape index (κ1) is 13.5. The minimum Gasteiger partial charge on any atom is -0.341 e. The highest BCUT2D eigenvalue weighted by atomic mass is 16.2. The van der Waals surface area contributed by atoms with Crippen molar-refractivity contribution in [2.75, 3.05) is 13.1 Å². The molecule has 1 saturated heterocycles. The summed E-state index contributed by atoms with van der Waals surface area (Å²) in [5, 5.41) is 4.56. The SMILES string of the molecule is CC1CC(C(=O)N2CC(c3nc4c(cnn4C)c(=O)[nH]3)C2)C1. The third-order valence-electron chi connectivity index (χ3n) is 4.92. The number of aryl methyl sites for hydroxylation is 1. The molecule has 2 aliphatic rings. The van der Waals surface area contributed by atoms with E-state index in [2.05, 4.69) is 22.0 Å². The first-order valence-electron chi connectivity index (χ1n) is 7.73. The molecule has 1 amide bonds. The smallest absolute Gasteiger partial charge is 0.262 e. The molecule has 0 spiro atoms. The van der Waals surface area contributed by atoms with Crippen LogP contribution in [0.4, 0.5) is 0 Å². The molecule has 0 atom stereocenters. The molecule has 1 aliphatic carbocycles. The Hall–Kier alpha value is -2.18. The summed E-state index contributed by atoms with van der Waals surface area (Å²) >= 11 is 0. The number of carbonyl (C=O) groups is 1. The average Bonchev–Trinajstić information content (AvgIpc) is 2.76. The number of nitrogens with one attached hydrogen (secondary N) is 1. The van der Waals surface area contributed by atoms with Crippen molar-refractivity contribution in [2.45, 2.75) is 25.7 Å². The van der Waals surface area contributed by atoms with Crippen molar-refractivity contribution in [2.24, 2.45) is 18.9 Å². The van der Waals surface area contributed by atoms with Gasteiger partial charge in [0, 0.05) is 26.1 Å². The van der Waals surface area contributed by atoms with E-state index < -0.39 is 0 Å². The molecule has 0 unspecified atom stereocenters. The number of rotatable bonds is 2. The van der Waals surface area contributed by atoms with Crippen LogP contribution >= 0.6 is 0 Å². The molecule has 1 saturated carbocycles. The molecule has 4 rings (SSSR count). The topological polar surface area (TPSA) is 83.9 Å². The molecule has 0 bridgehead atoms. The molecule has 116 valence electrons. The maximum atomic E-state index is 12.2. The third-order valence-corrected chi connectivity index (χ3v) is 4.92. The van der Waals surface area contributed by atoms with Crippen molar-refractivity contribution in [1.29, 1.82) is 0 Å². The number of hydrogen-bond donors (Lipinski definition) is 1. The number of H-pyrrole nitrogens is 1. The number of fused-ring (bicyclic) bond motifs is 1. The second-order valence-corrected chi connectivity index (χ2v) is 6.67. The van der Waals surface area contributed by atoms with Gasteiger partial charge in [-0.15, -0.1) is 0 Å². The first-order valence-corrected chi connectivity index (χ1v) is 7.73. The summed E-state index contributed by atoms with van der Waals surface area (Å²) < 4.78 is 1.60. The molecule has 1 aliphatic heterocycles. The van der Waals surface area contributed by atoms with Crippen molar-refractivity contribution in [3.05, 3.63) is 22.4 Å². The van der Waals surface area contributed by atoms with E-state index in [0.29, 0.717) is 35.9 Å². The Morgan fingerprint density at radius 2 is 2.09 bits per heavy atom. The van der Waals surface area contributed by atoms with E-state index in [1.165, 1.54) is 6.20 Å². The normalized spacial score (nSPS) is 25.1. The number of likely N-dealkylation sites (tertiary alicyclic amines) is 1. The molecule has 1 N–H and O–H groups in total. The van der Waals surface area contributed by atoms with Gasteiger partial charge in [-0.3, -0.25) is 14.3 Å². The lowest BCUT2D eigenvalue weighted by Crippen LogP contribution is -2.53. The molecular weight excluding hydrogens is 282 g/mol. The molecule has 22 heavy (non-hydrogen) atoms. The molecule has 2 aromatic heterocycles. The van der Waals surface area contributed by atoms with Crippen LogP contribution in [0.15, 0.2) is 11.0 Å². The lowest BCUT2D eigenvalue weighted by atomic mass is 9.75. The van der Waals surface area contributed by atoms with Gasteiger partial charge in [0.1, 0.15) is 11.2 Å². The van der Waals surface area contributed by atoms with Gasteiger partial charge >= 0.3 is 0 Å². The van der Waals surface area contributed by atoms with Crippen LogP contribution in [0.1, 0.15) is 31.5 Å². The highest BCUT2D eigenvalue weighted by molar-refractivity contribution is 5.80. The van der Waals surface area contributed by atoms with Gasteiger partial charge in [0.05, 0.1) is 12.1 Å². The van der Waals surface area contributed by atoms with Gasteiger partial charge in [0.2, 0.25) is 5.91 Å². The second kappa shape index (κ2) is 4.66. The van der Waals surface area contributed by atoms with Crippen LogP contribution in [-0.4, -0.2) is 43.6 Å². The van der Waals surface area contributed by atoms with Gasteiger partial charge in [-0.1, -0.05) is 6.92 Å². The molecule has 0 radical (unpaired) electrons. The Bertz CT molecular complexity index is 796. The Labute approximate surface area is 127 Å². The van der Waals surface area contributed by atoms with Crippen molar-refractivity contribution in [3.8, 4) is 0 Å². The minimum atomic E-state index is -0.161. The Morgan fingerprint density at radius 1 is 1.36 bits per heavy atom. The molecular formula is C15H19N5O2. The number of nitrogens with zero attached hydrogens (tertiary/aromatic N) is 4. The van der Waals surface area contributed by atoms with Crippen LogP contribution < -0.4 is 5.56 Å². The second-order valence-electron chi connectivity index (χ2n) is 6.67. The maximum absolute atomic E-state index is 12.2. The summed E-state index contributed by atoms with van der Waals surface area (Å²) in [5.41, 5.74) is 0.432. The fraction of sp³-hybridized carbons (Fsp3) is 0.600. The van der Waals surface area contributed by atoms with Gasteiger partial charge in [-0.25, -0.2) is 4.98 Å². The van der Waals surface area contributed by atoms with Crippen LogP contribution in [0.3, 0.4) is 0 Å². The zero-order chi connectivity index (χ0) is 15.4. The van der Waals surface area contributed by atoms with Gasteiger partial charge in [0.25, 0.3) is 5.56 Å². The van der Waals surface area contributed by atoms with Crippen LogP contribution in [0.2, 0.25) is 0 Å². The number of aromatic amines is 1. The van der Waals surface area contributed by atoms with Crippen molar-refractivity contribution >= 4 is 16.9 Å². The highest BCUT2D eigenvalue weighted by Gasteiger charge is 2.40. The number of hydrogen-bond acceptors (Lipinski definition) is 4. The van der Waals surface area contributed by atoms with E-state index in [9.17, 15) is 9.59 Å². The predicted molar refractivity (Wildman–Crippen MR) is 80.3 cm³/mol.